The number of hydrogen-bond acceptors (Lipinski definition) is 4. The number of ether oxygens (including phenoxy) is 2. The lowest BCUT2D eigenvalue weighted by Gasteiger charge is -2.24. The highest BCUT2D eigenvalue weighted by atomic mass is 16.5. The fourth-order valence-electron chi connectivity index (χ4n) is 2.77. The highest BCUT2D eigenvalue weighted by Crippen LogP contribution is 2.58. The SMILES string of the molecule is CC(N)C1(c2c(O)ccc3c2OCCCO3)CC1. The normalized spacial score (nSPS) is 22.1. The van der Waals surface area contributed by atoms with Crippen LogP contribution in [0.2, 0.25) is 0 Å². The van der Waals surface area contributed by atoms with Crippen LogP contribution in [0, 0.1) is 0 Å². The molecule has 1 aliphatic heterocycles. The van der Waals surface area contributed by atoms with Crippen LogP contribution in [0.5, 0.6) is 17.2 Å². The Labute approximate surface area is 107 Å². The zero-order valence-electron chi connectivity index (χ0n) is 10.6. The van der Waals surface area contributed by atoms with Gasteiger partial charge in [-0.05, 0) is 31.9 Å². The zero-order valence-corrected chi connectivity index (χ0v) is 10.6. The summed E-state index contributed by atoms with van der Waals surface area (Å²) in [4.78, 5) is 0. The van der Waals surface area contributed by atoms with Gasteiger partial charge in [-0.3, -0.25) is 0 Å². The average molecular weight is 249 g/mol. The van der Waals surface area contributed by atoms with Gasteiger partial charge in [0.25, 0.3) is 0 Å². The lowest BCUT2D eigenvalue weighted by atomic mass is 9.87. The standard InChI is InChI=1S/C14H19NO3/c1-9(15)14(5-6-14)12-10(16)3-4-11-13(12)18-8-2-7-17-11/h3-4,9,16H,2,5-8,15H2,1H3. The molecule has 0 aromatic heterocycles. The van der Waals surface area contributed by atoms with Gasteiger partial charge in [0.1, 0.15) is 5.75 Å². The van der Waals surface area contributed by atoms with E-state index >= 15 is 0 Å². The fraction of sp³-hybridized carbons (Fsp3) is 0.571. The number of fused-ring (bicyclic) bond motifs is 1. The second-order valence-electron chi connectivity index (χ2n) is 5.28. The van der Waals surface area contributed by atoms with Crippen molar-refractivity contribution in [2.24, 2.45) is 5.73 Å². The summed E-state index contributed by atoms with van der Waals surface area (Å²) in [6, 6.07) is 3.46. The number of hydrogen-bond donors (Lipinski definition) is 2. The number of phenolic OH excluding ortho intramolecular Hbond substituents is 1. The van der Waals surface area contributed by atoms with Crippen LogP contribution in [-0.4, -0.2) is 24.4 Å². The molecule has 1 aromatic rings. The van der Waals surface area contributed by atoms with Gasteiger partial charge >= 0.3 is 0 Å². The van der Waals surface area contributed by atoms with E-state index in [4.69, 9.17) is 15.2 Å². The molecule has 0 radical (unpaired) electrons. The molecule has 1 atom stereocenters. The molecule has 1 heterocycles. The van der Waals surface area contributed by atoms with E-state index in [-0.39, 0.29) is 17.2 Å². The summed E-state index contributed by atoms with van der Waals surface area (Å²) in [5.74, 6) is 1.70. The quantitative estimate of drug-likeness (QED) is 0.840. The number of benzene rings is 1. The van der Waals surface area contributed by atoms with Crippen molar-refractivity contribution in [3.63, 3.8) is 0 Å². The second kappa shape index (κ2) is 4.05. The van der Waals surface area contributed by atoms with Gasteiger partial charge in [-0.2, -0.15) is 0 Å². The highest BCUT2D eigenvalue weighted by Gasteiger charge is 2.51. The molecule has 1 saturated carbocycles. The Bertz CT molecular complexity index is 466. The van der Waals surface area contributed by atoms with E-state index in [2.05, 4.69) is 0 Å². The summed E-state index contributed by atoms with van der Waals surface area (Å²) in [6.07, 6.45) is 2.86. The summed E-state index contributed by atoms with van der Waals surface area (Å²) in [5, 5.41) is 10.2. The van der Waals surface area contributed by atoms with Crippen LogP contribution >= 0.6 is 0 Å². The largest absolute Gasteiger partial charge is 0.508 e. The van der Waals surface area contributed by atoms with E-state index in [1.807, 2.05) is 6.92 Å². The first kappa shape index (κ1) is 11.7. The van der Waals surface area contributed by atoms with E-state index in [9.17, 15) is 5.11 Å². The Morgan fingerprint density at radius 2 is 2.00 bits per heavy atom. The molecule has 3 rings (SSSR count). The summed E-state index contributed by atoms with van der Waals surface area (Å²) < 4.78 is 11.5. The third-order valence-corrected chi connectivity index (χ3v) is 4.05. The molecular weight excluding hydrogens is 230 g/mol. The minimum Gasteiger partial charge on any atom is -0.508 e. The van der Waals surface area contributed by atoms with Gasteiger partial charge in [-0.25, -0.2) is 0 Å². The van der Waals surface area contributed by atoms with Crippen LogP contribution in [-0.2, 0) is 5.41 Å². The van der Waals surface area contributed by atoms with Gasteiger partial charge in [-0.15, -0.1) is 0 Å². The fourth-order valence-corrected chi connectivity index (χ4v) is 2.77. The predicted octanol–water partition coefficient (Wildman–Crippen LogP) is 1.93. The molecule has 4 heteroatoms. The first-order valence-electron chi connectivity index (χ1n) is 6.53. The number of aromatic hydroxyl groups is 1. The van der Waals surface area contributed by atoms with Crippen molar-refractivity contribution in [2.75, 3.05) is 13.2 Å². The molecular formula is C14H19NO3. The van der Waals surface area contributed by atoms with Crippen LogP contribution in [0.3, 0.4) is 0 Å². The Balaban J connectivity index is 2.13. The molecule has 0 saturated heterocycles. The third-order valence-electron chi connectivity index (χ3n) is 4.05. The van der Waals surface area contributed by atoms with Crippen molar-refractivity contribution < 1.29 is 14.6 Å². The molecule has 2 aliphatic rings. The van der Waals surface area contributed by atoms with E-state index in [0.717, 1.165) is 30.6 Å². The monoisotopic (exact) mass is 249 g/mol. The molecule has 0 amide bonds. The van der Waals surface area contributed by atoms with Crippen molar-refractivity contribution in [3.05, 3.63) is 17.7 Å². The van der Waals surface area contributed by atoms with Gasteiger partial charge in [0.05, 0.1) is 13.2 Å². The van der Waals surface area contributed by atoms with E-state index in [1.54, 1.807) is 12.1 Å². The van der Waals surface area contributed by atoms with Crippen molar-refractivity contribution in [2.45, 2.75) is 37.6 Å². The second-order valence-corrected chi connectivity index (χ2v) is 5.28. The zero-order chi connectivity index (χ0) is 12.8. The molecule has 1 unspecified atom stereocenters. The minimum atomic E-state index is -0.136. The minimum absolute atomic E-state index is 0.00162. The van der Waals surface area contributed by atoms with Crippen molar-refractivity contribution in [1.82, 2.24) is 0 Å². The summed E-state index contributed by atoms with van der Waals surface area (Å²) >= 11 is 0. The summed E-state index contributed by atoms with van der Waals surface area (Å²) in [5.41, 5.74) is 6.81. The molecule has 0 bridgehead atoms. The number of rotatable bonds is 2. The lowest BCUT2D eigenvalue weighted by molar-refractivity contribution is 0.294. The molecule has 1 aliphatic carbocycles. The Morgan fingerprint density at radius 3 is 2.67 bits per heavy atom. The topological polar surface area (TPSA) is 64.7 Å². The van der Waals surface area contributed by atoms with Crippen molar-refractivity contribution >= 4 is 0 Å². The van der Waals surface area contributed by atoms with Gasteiger partial charge in [0.2, 0.25) is 0 Å². The number of phenols is 1. The van der Waals surface area contributed by atoms with Crippen LogP contribution in [0.15, 0.2) is 12.1 Å². The van der Waals surface area contributed by atoms with Gasteiger partial charge in [0.15, 0.2) is 11.5 Å². The Kier molecular flexibility index (Phi) is 2.63. The molecule has 1 aromatic carbocycles. The van der Waals surface area contributed by atoms with Crippen LogP contribution < -0.4 is 15.2 Å². The third kappa shape index (κ3) is 1.63. The maximum Gasteiger partial charge on any atom is 0.168 e. The average Bonchev–Trinajstić information content (AvgIpc) is 3.12. The summed E-state index contributed by atoms with van der Waals surface area (Å²) in [6.45, 7) is 3.27. The lowest BCUT2D eigenvalue weighted by Crippen LogP contribution is -2.32. The molecule has 4 nitrogen and oxygen atoms in total. The first-order chi connectivity index (χ1) is 8.65. The molecule has 3 N–H and O–H groups in total. The predicted molar refractivity (Wildman–Crippen MR) is 68.3 cm³/mol. The Morgan fingerprint density at radius 1 is 1.28 bits per heavy atom. The van der Waals surface area contributed by atoms with Gasteiger partial charge in [-0.1, -0.05) is 0 Å². The highest BCUT2D eigenvalue weighted by molar-refractivity contribution is 5.59. The van der Waals surface area contributed by atoms with Crippen LogP contribution in [0.1, 0.15) is 31.7 Å². The number of nitrogens with two attached hydrogens (primary N) is 1. The van der Waals surface area contributed by atoms with Crippen LogP contribution in [0.25, 0.3) is 0 Å². The molecule has 18 heavy (non-hydrogen) atoms. The molecule has 98 valence electrons. The van der Waals surface area contributed by atoms with E-state index < -0.39 is 0 Å². The maximum atomic E-state index is 10.2. The maximum absolute atomic E-state index is 10.2. The smallest absolute Gasteiger partial charge is 0.168 e. The Hall–Kier alpha value is -1.42. The molecule has 1 fully saturated rings. The molecule has 0 spiro atoms. The van der Waals surface area contributed by atoms with E-state index in [1.165, 1.54) is 0 Å². The van der Waals surface area contributed by atoms with Gasteiger partial charge in [0, 0.05) is 23.4 Å². The van der Waals surface area contributed by atoms with E-state index in [0.29, 0.717) is 19.0 Å². The first-order valence-corrected chi connectivity index (χ1v) is 6.53. The van der Waals surface area contributed by atoms with Crippen molar-refractivity contribution in [1.29, 1.82) is 0 Å². The van der Waals surface area contributed by atoms with Crippen LogP contribution in [0.4, 0.5) is 0 Å². The van der Waals surface area contributed by atoms with Gasteiger partial charge < -0.3 is 20.3 Å². The van der Waals surface area contributed by atoms with Crippen molar-refractivity contribution in [3.8, 4) is 17.2 Å². The summed E-state index contributed by atoms with van der Waals surface area (Å²) in [7, 11) is 0.